The topological polar surface area (TPSA) is 171 Å². The first-order valence-electron chi connectivity index (χ1n) is 25.9. The summed E-state index contributed by atoms with van der Waals surface area (Å²) >= 11 is 6.57. The van der Waals surface area contributed by atoms with Crippen molar-refractivity contribution in [2.75, 3.05) is 81.9 Å². The highest BCUT2D eigenvalue weighted by Gasteiger charge is 2.47. The van der Waals surface area contributed by atoms with Gasteiger partial charge in [0, 0.05) is 87.1 Å². The van der Waals surface area contributed by atoms with Gasteiger partial charge >= 0.3 is 12.2 Å². The summed E-state index contributed by atoms with van der Waals surface area (Å²) in [5, 5.41) is 11.1. The number of hydrogen-bond donors (Lipinski definition) is 3. The van der Waals surface area contributed by atoms with Crippen molar-refractivity contribution in [2.24, 2.45) is 22.1 Å². The highest BCUT2D eigenvalue weighted by Crippen LogP contribution is 2.44. The van der Waals surface area contributed by atoms with Gasteiger partial charge in [-0.3, -0.25) is 14.5 Å². The Morgan fingerprint density at radius 1 is 0.987 bits per heavy atom. The van der Waals surface area contributed by atoms with Gasteiger partial charge in [0.05, 0.1) is 16.6 Å². The van der Waals surface area contributed by atoms with Crippen molar-refractivity contribution in [3.8, 4) is 17.1 Å². The van der Waals surface area contributed by atoms with E-state index in [1.807, 2.05) is 31.7 Å². The summed E-state index contributed by atoms with van der Waals surface area (Å²) in [6.07, 6.45) is 0.665. The average Bonchev–Trinajstić information content (AvgIpc) is 4.14. The minimum atomic E-state index is -4.54. The predicted octanol–water partition coefficient (Wildman–Crippen LogP) is 9.08. The molecule has 4 fully saturated rings. The maximum atomic E-state index is 16.3. The number of anilines is 2. The summed E-state index contributed by atoms with van der Waals surface area (Å²) in [4.78, 5) is 49.4. The molecule has 3 atom stereocenters. The molecule has 0 saturated carbocycles. The fourth-order valence-electron chi connectivity index (χ4n) is 10.8. The van der Waals surface area contributed by atoms with Crippen LogP contribution in [0.3, 0.4) is 0 Å². The molecule has 6 heterocycles. The summed E-state index contributed by atoms with van der Waals surface area (Å²) in [6.45, 7) is 13.9. The van der Waals surface area contributed by atoms with E-state index in [0.29, 0.717) is 80.5 Å². The number of aliphatic imine (C=N–C) groups is 1. The Kier molecular flexibility index (Phi) is 16.5. The number of rotatable bonds is 16. The van der Waals surface area contributed by atoms with Gasteiger partial charge in [0.25, 0.3) is 0 Å². The van der Waals surface area contributed by atoms with Gasteiger partial charge in [-0.15, -0.1) is 0 Å². The van der Waals surface area contributed by atoms with E-state index in [1.54, 1.807) is 29.2 Å². The molecule has 9 rings (SSSR count). The number of amides is 2. The zero-order valence-corrected chi connectivity index (χ0v) is 44.0. The van der Waals surface area contributed by atoms with Crippen LogP contribution in [0.25, 0.3) is 22.0 Å². The molecule has 3 aromatic carbocycles. The third kappa shape index (κ3) is 12.5. The minimum absolute atomic E-state index is 0.00674. The second kappa shape index (κ2) is 23.1. The number of nitrogens with one attached hydrogen (secondary N) is 2. The average molecular weight is 1090 g/mol. The second-order valence-electron chi connectivity index (χ2n) is 20.8. The maximum absolute atomic E-state index is 16.3. The van der Waals surface area contributed by atoms with Crippen LogP contribution in [-0.4, -0.2) is 127 Å². The SMILES string of the molecule is CC(=CC(F)(F)F)C=C(N)N=Cc1c(Cl)cc2c(N3CCNCC3)nc(OCCN3CCC4(CC3)CN(c3cc(C(C(=O)N5CCCC5C(=O)NC(C)c5ccc(-c6c(F)cccc6F)cc5)C(C)C)on3)C4)nc2c1F. The molecular formula is C55H62ClF6N11O4. The number of hydrogen-bond acceptors (Lipinski definition) is 13. The molecule has 22 heteroatoms. The molecule has 1 spiro atoms. The Morgan fingerprint density at radius 2 is 1.69 bits per heavy atom. The number of halogens is 7. The Morgan fingerprint density at radius 3 is 2.36 bits per heavy atom. The number of nitrogens with two attached hydrogens (primary N) is 1. The molecule has 5 aromatic rings. The quantitative estimate of drug-likeness (QED) is 0.0488. The summed E-state index contributed by atoms with van der Waals surface area (Å²) in [7, 11) is 0. The zero-order chi connectivity index (χ0) is 54.8. The Labute approximate surface area is 447 Å². The molecule has 4 saturated heterocycles. The van der Waals surface area contributed by atoms with E-state index >= 15 is 4.39 Å². The first kappa shape index (κ1) is 55.1. The van der Waals surface area contributed by atoms with Crippen LogP contribution in [-0.2, 0) is 9.59 Å². The van der Waals surface area contributed by atoms with Gasteiger partial charge in [-0.05, 0) is 99.5 Å². The maximum Gasteiger partial charge on any atom is 0.410 e. The number of ether oxygens (including phenoxy) is 1. The van der Waals surface area contributed by atoms with Crippen molar-refractivity contribution in [3.05, 3.63) is 118 Å². The van der Waals surface area contributed by atoms with E-state index in [9.17, 15) is 31.5 Å². The molecular weight excluding hydrogens is 1030 g/mol. The highest BCUT2D eigenvalue weighted by molar-refractivity contribution is 6.34. The van der Waals surface area contributed by atoms with Crippen molar-refractivity contribution < 1.29 is 45.2 Å². The number of aromatic nitrogens is 3. The van der Waals surface area contributed by atoms with E-state index in [-0.39, 0.29) is 74.9 Å². The smallest absolute Gasteiger partial charge is 0.410 e. The number of alkyl halides is 3. The lowest BCUT2D eigenvalue weighted by molar-refractivity contribution is -0.141. The molecule has 0 radical (unpaired) electrons. The van der Waals surface area contributed by atoms with Gasteiger partial charge in [0.15, 0.2) is 17.4 Å². The molecule has 2 aromatic heterocycles. The number of allylic oxidation sites excluding steroid dienone is 3. The Hall–Kier alpha value is -6.71. The van der Waals surface area contributed by atoms with Crippen LogP contribution in [0.4, 0.5) is 38.0 Å². The molecule has 4 aliphatic heterocycles. The zero-order valence-electron chi connectivity index (χ0n) is 43.3. The van der Waals surface area contributed by atoms with E-state index in [4.69, 9.17) is 31.6 Å². The second-order valence-corrected chi connectivity index (χ2v) is 21.2. The van der Waals surface area contributed by atoms with Crippen molar-refractivity contribution >= 4 is 52.2 Å². The summed E-state index contributed by atoms with van der Waals surface area (Å²) in [6, 6.07) is 12.7. The van der Waals surface area contributed by atoms with E-state index in [0.717, 1.165) is 56.9 Å². The van der Waals surface area contributed by atoms with Gasteiger partial charge in [-0.1, -0.05) is 60.9 Å². The lowest BCUT2D eigenvalue weighted by Gasteiger charge is -2.54. The molecule has 0 aliphatic carbocycles. The van der Waals surface area contributed by atoms with Gasteiger partial charge in [-0.25, -0.2) is 18.2 Å². The van der Waals surface area contributed by atoms with Gasteiger partial charge in [-0.2, -0.15) is 23.1 Å². The first-order chi connectivity index (χ1) is 36.8. The van der Waals surface area contributed by atoms with Crippen LogP contribution in [0, 0.1) is 28.8 Å². The number of likely N-dealkylation sites (tertiary alicyclic amines) is 2. The molecule has 77 heavy (non-hydrogen) atoms. The number of piperazine rings is 1. The van der Waals surface area contributed by atoms with E-state index in [2.05, 4.69) is 35.6 Å². The van der Waals surface area contributed by atoms with Crippen LogP contribution in [0.2, 0.25) is 5.02 Å². The van der Waals surface area contributed by atoms with Crippen LogP contribution < -0.4 is 30.9 Å². The third-order valence-electron chi connectivity index (χ3n) is 15.0. The number of carbonyl (C=O) groups excluding carboxylic acids is 2. The molecule has 3 unspecified atom stereocenters. The van der Waals surface area contributed by atoms with Crippen LogP contribution >= 0.6 is 11.6 Å². The standard InChI is InChI=1S/C55H62ClF6N11O4/c1-32(2)46(52(75)73-18-6-9-42(73)51(74)66-34(4)35-10-12-36(13-11-35)47-40(57)7-5-8-41(47)58)43-27-45(69-77-43)72-30-54(31-72)14-19-70(20-15-54)23-24-76-53-67-49-37(50(68-53)71-21-16-64-17-22-71)26-39(56)38(48(49)59)29-65-44(63)25-33(3)28-55(60,61)62/h5,7-8,10-13,25-29,32,34,42,46,64H,6,9,14-24,30-31,63H2,1-4H3,(H,66,74). The largest absolute Gasteiger partial charge is 0.462 e. The molecule has 4 aliphatic rings. The number of piperidine rings is 1. The molecule has 4 N–H and O–H groups in total. The predicted molar refractivity (Wildman–Crippen MR) is 282 cm³/mol. The van der Waals surface area contributed by atoms with Crippen LogP contribution in [0.1, 0.15) is 82.2 Å². The highest BCUT2D eigenvalue weighted by atomic mass is 35.5. The lowest BCUT2D eigenvalue weighted by atomic mass is 9.72. The number of nitrogens with zero attached hydrogens (tertiary/aromatic N) is 8. The van der Waals surface area contributed by atoms with E-state index in [1.165, 1.54) is 31.2 Å². The van der Waals surface area contributed by atoms with Crippen molar-refractivity contribution in [1.82, 2.24) is 35.6 Å². The summed E-state index contributed by atoms with van der Waals surface area (Å²) in [5.74, 6) is -2.12. The number of fused-ring (bicyclic) bond motifs is 1. The molecule has 410 valence electrons. The monoisotopic (exact) mass is 1090 g/mol. The third-order valence-corrected chi connectivity index (χ3v) is 15.3. The number of carbonyl (C=O) groups is 2. The Bertz CT molecular complexity index is 3030. The van der Waals surface area contributed by atoms with Crippen molar-refractivity contribution in [3.63, 3.8) is 0 Å². The fraction of sp³-hybridized carbons (Fsp3) is 0.455. The molecule has 15 nitrogen and oxygen atoms in total. The normalized spacial score (nSPS) is 19.4. The molecule has 2 amide bonds. The number of benzene rings is 3. The Balaban J connectivity index is 0.783. The first-order valence-corrected chi connectivity index (χ1v) is 26.3. The summed E-state index contributed by atoms with van der Waals surface area (Å²) < 4.78 is 95.6. The molecule has 0 bridgehead atoms. The van der Waals surface area contributed by atoms with Gasteiger partial charge in [0.1, 0.15) is 47.4 Å². The van der Waals surface area contributed by atoms with Gasteiger partial charge < -0.3 is 40.3 Å². The summed E-state index contributed by atoms with van der Waals surface area (Å²) in [5.41, 5.74) is 6.56. The van der Waals surface area contributed by atoms with Crippen LogP contribution in [0.5, 0.6) is 6.01 Å². The lowest BCUT2D eigenvalue weighted by Crippen LogP contribution is -2.60. The van der Waals surface area contributed by atoms with E-state index < -0.39 is 41.6 Å². The van der Waals surface area contributed by atoms with Crippen molar-refractivity contribution in [2.45, 2.75) is 77.6 Å². The minimum Gasteiger partial charge on any atom is -0.462 e. The van der Waals surface area contributed by atoms with Gasteiger partial charge in [0.2, 0.25) is 11.8 Å². The van der Waals surface area contributed by atoms with Crippen molar-refractivity contribution in [1.29, 1.82) is 0 Å². The van der Waals surface area contributed by atoms with Crippen LogP contribution in [0.15, 0.2) is 87.7 Å². The fourth-order valence-corrected chi connectivity index (χ4v) is 11.1.